The fourth-order valence-electron chi connectivity index (χ4n) is 3.29. The van der Waals surface area contributed by atoms with Crippen molar-refractivity contribution in [3.63, 3.8) is 0 Å². The van der Waals surface area contributed by atoms with Gasteiger partial charge in [-0.2, -0.15) is 0 Å². The first kappa shape index (κ1) is 14.1. The van der Waals surface area contributed by atoms with E-state index in [2.05, 4.69) is 4.98 Å². The molecule has 0 N–H and O–H groups in total. The van der Waals surface area contributed by atoms with E-state index in [-0.39, 0.29) is 11.9 Å². The highest BCUT2D eigenvalue weighted by Gasteiger charge is 2.33. The zero-order valence-electron chi connectivity index (χ0n) is 12.8. The number of benzene rings is 1. The van der Waals surface area contributed by atoms with Crippen LogP contribution in [0.4, 0.5) is 0 Å². The van der Waals surface area contributed by atoms with Gasteiger partial charge < -0.3 is 14.4 Å². The number of aromatic nitrogens is 1. The predicted molar refractivity (Wildman–Crippen MR) is 84.7 cm³/mol. The van der Waals surface area contributed by atoms with Crippen molar-refractivity contribution < 1.29 is 14.3 Å². The molecule has 0 bridgehead atoms. The van der Waals surface area contributed by atoms with E-state index in [9.17, 15) is 4.79 Å². The Morgan fingerprint density at radius 2 is 2.04 bits per heavy atom. The summed E-state index contributed by atoms with van der Waals surface area (Å²) in [6, 6.07) is 11.4. The maximum absolute atomic E-state index is 13.1. The highest BCUT2D eigenvalue weighted by molar-refractivity contribution is 5.98. The molecule has 3 heterocycles. The minimum Gasteiger partial charge on any atom is -0.486 e. The van der Waals surface area contributed by atoms with Gasteiger partial charge in [-0.15, -0.1) is 0 Å². The number of likely N-dealkylation sites (tertiary alicyclic amines) is 1. The zero-order valence-corrected chi connectivity index (χ0v) is 12.8. The highest BCUT2D eigenvalue weighted by atomic mass is 16.6. The van der Waals surface area contributed by atoms with E-state index in [0.29, 0.717) is 30.3 Å². The van der Waals surface area contributed by atoms with Crippen molar-refractivity contribution in [2.24, 2.45) is 0 Å². The van der Waals surface area contributed by atoms with E-state index >= 15 is 0 Å². The molecule has 1 aromatic carbocycles. The van der Waals surface area contributed by atoms with Gasteiger partial charge in [-0.3, -0.25) is 9.78 Å². The van der Waals surface area contributed by atoms with E-state index in [1.54, 1.807) is 6.20 Å². The van der Waals surface area contributed by atoms with Crippen LogP contribution in [0.5, 0.6) is 11.5 Å². The van der Waals surface area contributed by atoms with Crippen molar-refractivity contribution >= 4 is 5.91 Å². The van der Waals surface area contributed by atoms with Crippen LogP contribution >= 0.6 is 0 Å². The van der Waals surface area contributed by atoms with Crippen LogP contribution in [0.1, 0.15) is 34.9 Å². The topological polar surface area (TPSA) is 51.7 Å². The summed E-state index contributed by atoms with van der Waals surface area (Å²) in [4.78, 5) is 19.4. The molecule has 1 fully saturated rings. The first-order valence-corrected chi connectivity index (χ1v) is 7.95. The van der Waals surface area contributed by atoms with Crippen LogP contribution in [-0.2, 0) is 0 Å². The van der Waals surface area contributed by atoms with Crippen LogP contribution in [0.15, 0.2) is 42.6 Å². The molecular weight excluding hydrogens is 292 g/mol. The van der Waals surface area contributed by atoms with E-state index in [0.717, 1.165) is 25.1 Å². The van der Waals surface area contributed by atoms with E-state index in [1.807, 2.05) is 41.3 Å². The number of hydrogen-bond acceptors (Lipinski definition) is 4. The molecule has 1 amide bonds. The largest absolute Gasteiger partial charge is 0.486 e. The summed E-state index contributed by atoms with van der Waals surface area (Å²) >= 11 is 0. The summed E-state index contributed by atoms with van der Waals surface area (Å²) in [6.45, 7) is 1.73. The monoisotopic (exact) mass is 310 g/mol. The fraction of sp³-hybridized carbons (Fsp3) is 0.333. The number of carbonyl (C=O) groups is 1. The molecule has 4 rings (SSSR count). The Morgan fingerprint density at radius 1 is 1.13 bits per heavy atom. The molecule has 1 unspecified atom stereocenters. The standard InChI is InChI=1S/C18H18N2O3/c21-18(13-5-3-8-16-17(13)23-12-11-22-16)20-10-4-7-15(20)14-6-1-2-9-19-14/h1-3,5-6,8-9,15H,4,7,10-12H2. The third-order valence-corrected chi connectivity index (χ3v) is 4.34. The van der Waals surface area contributed by atoms with Crippen molar-refractivity contribution in [2.75, 3.05) is 19.8 Å². The average molecular weight is 310 g/mol. The van der Waals surface area contributed by atoms with Crippen LogP contribution in [0.2, 0.25) is 0 Å². The molecule has 118 valence electrons. The second kappa shape index (κ2) is 5.91. The third kappa shape index (κ3) is 2.52. The number of rotatable bonds is 2. The number of para-hydroxylation sites is 1. The van der Waals surface area contributed by atoms with Gasteiger partial charge in [0.05, 0.1) is 17.3 Å². The van der Waals surface area contributed by atoms with Crippen molar-refractivity contribution in [3.05, 3.63) is 53.9 Å². The summed E-state index contributed by atoms with van der Waals surface area (Å²) in [6.07, 6.45) is 3.70. The average Bonchev–Trinajstić information content (AvgIpc) is 3.11. The molecule has 2 aliphatic heterocycles. The second-order valence-electron chi connectivity index (χ2n) is 5.74. The van der Waals surface area contributed by atoms with Gasteiger partial charge in [0.1, 0.15) is 13.2 Å². The third-order valence-electron chi connectivity index (χ3n) is 4.34. The molecule has 23 heavy (non-hydrogen) atoms. The second-order valence-corrected chi connectivity index (χ2v) is 5.74. The minimum absolute atomic E-state index is 0.0134. The molecular formula is C18H18N2O3. The van der Waals surface area contributed by atoms with Gasteiger partial charge in [0.2, 0.25) is 0 Å². The Kier molecular flexibility index (Phi) is 3.61. The summed E-state index contributed by atoms with van der Waals surface area (Å²) in [5, 5.41) is 0. The maximum atomic E-state index is 13.1. The number of pyridine rings is 1. The lowest BCUT2D eigenvalue weighted by Gasteiger charge is -2.27. The van der Waals surface area contributed by atoms with Crippen molar-refractivity contribution in [1.29, 1.82) is 0 Å². The van der Waals surface area contributed by atoms with Gasteiger partial charge in [0.25, 0.3) is 5.91 Å². The summed E-state index contributed by atoms with van der Waals surface area (Å²) < 4.78 is 11.3. The number of fused-ring (bicyclic) bond motifs is 1. The lowest BCUT2D eigenvalue weighted by Crippen LogP contribution is -2.32. The number of nitrogens with zero attached hydrogens (tertiary/aromatic N) is 2. The molecule has 1 atom stereocenters. The van der Waals surface area contributed by atoms with Crippen LogP contribution in [0.25, 0.3) is 0 Å². The summed E-state index contributed by atoms with van der Waals surface area (Å²) in [7, 11) is 0. The molecule has 0 saturated carbocycles. The number of amides is 1. The maximum Gasteiger partial charge on any atom is 0.258 e. The van der Waals surface area contributed by atoms with E-state index in [1.165, 1.54) is 0 Å². The van der Waals surface area contributed by atoms with Crippen molar-refractivity contribution in [2.45, 2.75) is 18.9 Å². The highest BCUT2D eigenvalue weighted by Crippen LogP contribution is 2.37. The zero-order chi connectivity index (χ0) is 15.6. The van der Waals surface area contributed by atoms with Crippen LogP contribution in [0.3, 0.4) is 0 Å². The molecule has 1 aromatic heterocycles. The van der Waals surface area contributed by atoms with Crippen molar-refractivity contribution in [1.82, 2.24) is 9.88 Å². The lowest BCUT2D eigenvalue weighted by molar-refractivity contribution is 0.0722. The Balaban J connectivity index is 1.66. The van der Waals surface area contributed by atoms with Gasteiger partial charge in [0.15, 0.2) is 11.5 Å². The Labute approximate surface area is 134 Å². The molecule has 5 heteroatoms. The summed E-state index contributed by atoms with van der Waals surface area (Å²) in [5.74, 6) is 1.20. The van der Waals surface area contributed by atoms with E-state index in [4.69, 9.17) is 9.47 Å². The molecule has 0 spiro atoms. The molecule has 0 radical (unpaired) electrons. The molecule has 5 nitrogen and oxygen atoms in total. The first-order chi connectivity index (χ1) is 11.3. The quantitative estimate of drug-likeness (QED) is 0.856. The Morgan fingerprint density at radius 3 is 2.91 bits per heavy atom. The van der Waals surface area contributed by atoms with Crippen LogP contribution in [-0.4, -0.2) is 35.5 Å². The van der Waals surface area contributed by atoms with Gasteiger partial charge in [-0.25, -0.2) is 0 Å². The number of ether oxygens (including phenoxy) is 2. The molecule has 0 aliphatic carbocycles. The van der Waals surface area contributed by atoms with Crippen LogP contribution < -0.4 is 9.47 Å². The van der Waals surface area contributed by atoms with Gasteiger partial charge in [-0.05, 0) is 37.1 Å². The SMILES string of the molecule is O=C(c1cccc2c1OCCO2)N1CCCC1c1ccccn1. The molecule has 1 saturated heterocycles. The molecule has 2 aliphatic rings. The Hall–Kier alpha value is -2.56. The smallest absolute Gasteiger partial charge is 0.258 e. The normalized spacial score (nSPS) is 19.7. The molecule has 2 aromatic rings. The van der Waals surface area contributed by atoms with Gasteiger partial charge in [0, 0.05) is 12.7 Å². The predicted octanol–water partition coefficient (Wildman–Crippen LogP) is 2.83. The lowest BCUT2D eigenvalue weighted by atomic mass is 10.1. The van der Waals surface area contributed by atoms with E-state index < -0.39 is 0 Å². The first-order valence-electron chi connectivity index (χ1n) is 7.95. The van der Waals surface area contributed by atoms with Crippen molar-refractivity contribution in [3.8, 4) is 11.5 Å². The van der Waals surface area contributed by atoms with Crippen LogP contribution in [0, 0.1) is 0 Å². The number of hydrogen-bond donors (Lipinski definition) is 0. The minimum atomic E-state index is -0.0134. The summed E-state index contributed by atoms with van der Waals surface area (Å²) in [5.41, 5.74) is 1.52. The fourth-order valence-corrected chi connectivity index (χ4v) is 3.29. The number of carbonyl (C=O) groups excluding carboxylic acids is 1. The van der Waals surface area contributed by atoms with Gasteiger partial charge in [-0.1, -0.05) is 12.1 Å². The van der Waals surface area contributed by atoms with Gasteiger partial charge >= 0.3 is 0 Å². The Bertz CT molecular complexity index is 717.